The van der Waals surface area contributed by atoms with Crippen LogP contribution in [0.3, 0.4) is 0 Å². The van der Waals surface area contributed by atoms with Gasteiger partial charge in [0.05, 0.1) is 12.8 Å². The normalized spacial score (nSPS) is 9.79. The van der Waals surface area contributed by atoms with E-state index in [0.29, 0.717) is 18.8 Å². The minimum atomic E-state index is 0.0583. The van der Waals surface area contributed by atoms with E-state index in [9.17, 15) is 0 Å². The van der Waals surface area contributed by atoms with Crippen molar-refractivity contribution in [3.63, 3.8) is 0 Å². The molecule has 0 saturated carbocycles. The summed E-state index contributed by atoms with van der Waals surface area (Å²) in [6.07, 6.45) is 5.20. The maximum atomic E-state index is 8.66. The quantitative estimate of drug-likeness (QED) is 0.809. The molecule has 0 bridgehead atoms. The van der Waals surface area contributed by atoms with Crippen LogP contribution in [0.25, 0.3) is 0 Å². The summed E-state index contributed by atoms with van der Waals surface area (Å²) in [6, 6.07) is 1.80. The molecule has 6 nitrogen and oxygen atoms in total. The lowest BCUT2D eigenvalue weighted by atomic mass is 10.2. The molecular formula is C13H14N4O2. The van der Waals surface area contributed by atoms with Crippen molar-refractivity contribution in [3.8, 4) is 17.6 Å². The smallest absolute Gasteiger partial charge is 0.164 e. The van der Waals surface area contributed by atoms with Gasteiger partial charge in [0.25, 0.3) is 0 Å². The van der Waals surface area contributed by atoms with Gasteiger partial charge in [0.2, 0.25) is 0 Å². The van der Waals surface area contributed by atoms with E-state index in [4.69, 9.17) is 9.84 Å². The fraction of sp³-hybridized carbons (Fsp3) is 0.308. The Hall–Kier alpha value is -2.39. The van der Waals surface area contributed by atoms with Gasteiger partial charge in [0, 0.05) is 25.2 Å². The van der Waals surface area contributed by atoms with Crippen LogP contribution in [0.5, 0.6) is 5.75 Å². The second kappa shape index (κ2) is 6.52. The molecule has 2 heterocycles. The van der Waals surface area contributed by atoms with Crippen LogP contribution in [-0.4, -0.2) is 31.5 Å². The van der Waals surface area contributed by atoms with E-state index in [1.165, 1.54) is 6.33 Å². The maximum absolute atomic E-state index is 8.66. The van der Waals surface area contributed by atoms with Gasteiger partial charge in [0.1, 0.15) is 18.7 Å². The Morgan fingerprint density at radius 2 is 2.32 bits per heavy atom. The van der Waals surface area contributed by atoms with E-state index in [1.807, 2.05) is 0 Å². The fourth-order valence-electron chi connectivity index (χ4n) is 1.39. The van der Waals surface area contributed by atoms with Crippen LogP contribution in [0, 0.1) is 11.8 Å². The molecule has 2 rings (SSSR count). The molecule has 0 aromatic carbocycles. The van der Waals surface area contributed by atoms with Gasteiger partial charge in [0.15, 0.2) is 5.82 Å². The zero-order valence-corrected chi connectivity index (χ0v) is 10.6. The average Bonchev–Trinajstić information content (AvgIpc) is 2.83. The predicted octanol–water partition coefficient (Wildman–Crippen LogP) is 0.523. The minimum absolute atomic E-state index is 0.0583. The molecule has 6 heteroatoms. The number of aryl methyl sites for hydroxylation is 1. The number of aromatic nitrogens is 4. The molecular weight excluding hydrogens is 244 g/mol. The number of nitrogens with zero attached hydrogens (tertiary/aromatic N) is 4. The lowest BCUT2D eigenvalue weighted by Crippen LogP contribution is -2.04. The minimum Gasteiger partial charge on any atom is -0.484 e. The molecule has 2 aromatic heterocycles. The van der Waals surface area contributed by atoms with Crippen molar-refractivity contribution in [1.29, 1.82) is 0 Å². The van der Waals surface area contributed by atoms with E-state index in [0.717, 1.165) is 11.4 Å². The second-order valence-electron chi connectivity index (χ2n) is 3.77. The van der Waals surface area contributed by atoms with Crippen LogP contribution in [0.4, 0.5) is 0 Å². The third-order valence-corrected chi connectivity index (χ3v) is 2.36. The molecule has 1 N–H and O–H groups in total. The molecule has 19 heavy (non-hydrogen) atoms. The number of hydrogen-bond donors (Lipinski definition) is 1. The van der Waals surface area contributed by atoms with Crippen LogP contribution in [0.15, 0.2) is 24.8 Å². The van der Waals surface area contributed by atoms with Gasteiger partial charge in [-0.3, -0.25) is 9.67 Å². The highest BCUT2D eigenvalue weighted by Crippen LogP contribution is 2.12. The predicted molar refractivity (Wildman–Crippen MR) is 68.2 cm³/mol. The van der Waals surface area contributed by atoms with Crippen molar-refractivity contribution in [1.82, 2.24) is 19.7 Å². The first kappa shape index (κ1) is 13.1. The topological polar surface area (TPSA) is 73.1 Å². The highest BCUT2D eigenvalue weighted by molar-refractivity contribution is 5.36. The average molecular weight is 258 g/mol. The first-order valence-electron chi connectivity index (χ1n) is 5.80. The van der Waals surface area contributed by atoms with Crippen LogP contribution in [0.1, 0.15) is 17.8 Å². The Labute approximate surface area is 111 Å². The van der Waals surface area contributed by atoms with E-state index in [-0.39, 0.29) is 6.61 Å². The van der Waals surface area contributed by atoms with Crippen LogP contribution in [-0.2, 0) is 13.7 Å². The summed E-state index contributed by atoms with van der Waals surface area (Å²) in [5.74, 6) is 7.10. The zero-order valence-electron chi connectivity index (χ0n) is 10.6. The van der Waals surface area contributed by atoms with E-state index in [1.54, 1.807) is 30.2 Å². The molecule has 0 spiro atoms. The molecule has 0 aliphatic rings. The van der Waals surface area contributed by atoms with Crippen LogP contribution < -0.4 is 4.74 Å². The fourth-order valence-corrected chi connectivity index (χ4v) is 1.39. The first-order chi connectivity index (χ1) is 9.29. The molecule has 0 atom stereocenters. The number of rotatable bonds is 4. The Balaban J connectivity index is 2.00. The molecule has 0 aliphatic carbocycles. The summed E-state index contributed by atoms with van der Waals surface area (Å²) in [4.78, 5) is 8.12. The zero-order chi connectivity index (χ0) is 13.5. The highest BCUT2D eigenvalue weighted by atomic mass is 16.5. The van der Waals surface area contributed by atoms with Gasteiger partial charge < -0.3 is 9.84 Å². The summed E-state index contributed by atoms with van der Waals surface area (Å²) >= 11 is 0. The molecule has 0 fully saturated rings. The molecule has 98 valence electrons. The SMILES string of the molecule is Cn1ncnc1COc1cncc(C#CCCO)c1. The molecule has 0 saturated heterocycles. The number of pyridine rings is 1. The Morgan fingerprint density at radius 1 is 1.42 bits per heavy atom. The maximum Gasteiger partial charge on any atom is 0.164 e. The summed E-state index contributed by atoms with van der Waals surface area (Å²) in [5, 5.41) is 12.6. The van der Waals surface area contributed by atoms with E-state index < -0.39 is 0 Å². The monoisotopic (exact) mass is 258 g/mol. The third kappa shape index (κ3) is 3.79. The number of aliphatic hydroxyl groups is 1. The molecule has 0 radical (unpaired) electrons. The van der Waals surface area contributed by atoms with Crippen molar-refractivity contribution < 1.29 is 9.84 Å². The van der Waals surface area contributed by atoms with Gasteiger partial charge in [-0.25, -0.2) is 4.98 Å². The van der Waals surface area contributed by atoms with Crippen molar-refractivity contribution in [2.75, 3.05) is 6.61 Å². The standard InChI is InChI=1S/C13H14N4O2/c1-17-13(15-10-16-17)9-19-12-6-11(7-14-8-12)4-2-3-5-18/h6-8,10,18H,3,5,9H2,1H3. The van der Waals surface area contributed by atoms with Crippen LogP contribution >= 0.6 is 0 Å². The summed E-state index contributed by atoms with van der Waals surface area (Å²) in [6.45, 7) is 0.383. The highest BCUT2D eigenvalue weighted by Gasteiger charge is 2.02. The Morgan fingerprint density at radius 3 is 3.05 bits per heavy atom. The van der Waals surface area contributed by atoms with Crippen molar-refractivity contribution in [2.24, 2.45) is 7.05 Å². The second-order valence-corrected chi connectivity index (χ2v) is 3.77. The van der Waals surface area contributed by atoms with Crippen molar-refractivity contribution >= 4 is 0 Å². The Kier molecular flexibility index (Phi) is 4.48. The van der Waals surface area contributed by atoms with E-state index in [2.05, 4.69) is 26.9 Å². The number of hydrogen-bond acceptors (Lipinski definition) is 5. The summed E-state index contributed by atoms with van der Waals surface area (Å²) in [7, 11) is 1.81. The van der Waals surface area contributed by atoms with Gasteiger partial charge >= 0.3 is 0 Å². The lowest BCUT2D eigenvalue weighted by Gasteiger charge is -2.05. The molecule has 2 aromatic rings. The number of aliphatic hydroxyl groups excluding tert-OH is 1. The van der Waals surface area contributed by atoms with E-state index >= 15 is 0 Å². The third-order valence-electron chi connectivity index (χ3n) is 2.36. The van der Waals surface area contributed by atoms with Gasteiger partial charge in [-0.15, -0.1) is 0 Å². The molecule has 0 amide bonds. The first-order valence-corrected chi connectivity index (χ1v) is 5.80. The van der Waals surface area contributed by atoms with Gasteiger partial charge in [-0.2, -0.15) is 5.10 Å². The molecule has 0 unspecified atom stereocenters. The number of ether oxygens (including phenoxy) is 1. The molecule has 0 aliphatic heterocycles. The van der Waals surface area contributed by atoms with Gasteiger partial charge in [-0.05, 0) is 6.07 Å². The summed E-state index contributed by atoms with van der Waals surface area (Å²) in [5.41, 5.74) is 0.754. The van der Waals surface area contributed by atoms with Crippen molar-refractivity contribution in [3.05, 3.63) is 36.2 Å². The van der Waals surface area contributed by atoms with Crippen LogP contribution in [0.2, 0.25) is 0 Å². The van der Waals surface area contributed by atoms with Crippen molar-refractivity contribution in [2.45, 2.75) is 13.0 Å². The lowest BCUT2D eigenvalue weighted by molar-refractivity contribution is 0.288. The van der Waals surface area contributed by atoms with Gasteiger partial charge in [-0.1, -0.05) is 11.8 Å². The largest absolute Gasteiger partial charge is 0.484 e. The summed E-state index contributed by atoms with van der Waals surface area (Å²) < 4.78 is 7.23. The Bertz CT molecular complexity index is 598.